The summed E-state index contributed by atoms with van der Waals surface area (Å²) in [6, 6.07) is 0. The first-order valence-corrected chi connectivity index (χ1v) is 7.38. The van der Waals surface area contributed by atoms with Crippen molar-refractivity contribution in [3.63, 3.8) is 0 Å². The van der Waals surface area contributed by atoms with Gasteiger partial charge in [0.05, 0.1) is 6.61 Å². The van der Waals surface area contributed by atoms with Crippen LogP contribution in [0.5, 0.6) is 0 Å². The van der Waals surface area contributed by atoms with Crippen LogP contribution in [0.4, 0.5) is 0 Å². The van der Waals surface area contributed by atoms with Gasteiger partial charge in [-0.05, 0) is 13.3 Å². The minimum Gasteiger partial charge on any atom is -0.381 e. The summed E-state index contributed by atoms with van der Waals surface area (Å²) in [4.78, 5) is 17.9. The van der Waals surface area contributed by atoms with Gasteiger partial charge in [0, 0.05) is 25.6 Å². The lowest BCUT2D eigenvalue weighted by Crippen LogP contribution is -2.29. The molecule has 1 fully saturated rings. The highest BCUT2D eigenvalue weighted by atomic mass is 35.5. The quantitative estimate of drug-likeness (QED) is 0.859. The number of thiazole rings is 1. The monoisotopic (exact) mass is 308 g/mol. The van der Waals surface area contributed by atoms with E-state index in [0.29, 0.717) is 34.5 Å². The van der Waals surface area contributed by atoms with E-state index in [9.17, 15) is 4.79 Å². The van der Waals surface area contributed by atoms with Crippen LogP contribution in [-0.4, -0.2) is 42.1 Å². The number of nitrogens with zero attached hydrogens (tertiary/aromatic N) is 2. The normalized spacial score (nSPS) is 19.5. The van der Waals surface area contributed by atoms with Gasteiger partial charge in [-0.1, -0.05) is 34.5 Å². The molecular formula is C11H14Cl2N2O2S. The van der Waals surface area contributed by atoms with Gasteiger partial charge in [0.1, 0.15) is 4.34 Å². The first-order chi connectivity index (χ1) is 8.61. The van der Waals surface area contributed by atoms with Crippen LogP contribution in [0.15, 0.2) is 0 Å². The van der Waals surface area contributed by atoms with Crippen LogP contribution in [-0.2, 0) is 4.74 Å². The van der Waals surface area contributed by atoms with E-state index >= 15 is 0 Å². The number of hydrogen-bond acceptors (Lipinski definition) is 4. The molecule has 1 aliphatic heterocycles. The Morgan fingerprint density at radius 3 is 3.00 bits per heavy atom. The van der Waals surface area contributed by atoms with Crippen molar-refractivity contribution in [3.8, 4) is 0 Å². The summed E-state index contributed by atoms with van der Waals surface area (Å²) in [6.07, 6.45) is 0.960. The summed E-state index contributed by atoms with van der Waals surface area (Å²) in [5.41, 5.74) is 0.267. The van der Waals surface area contributed by atoms with Crippen molar-refractivity contribution in [3.05, 3.63) is 14.5 Å². The number of likely N-dealkylation sites (tertiary alicyclic amines) is 1. The molecule has 100 valence electrons. The predicted octanol–water partition coefficient (Wildman–Crippen LogP) is 2.95. The molecule has 0 bridgehead atoms. The topological polar surface area (TPSA) is 42.4 Å². The number of rotatable bonds is 4. The number of halogens is 2. The van der Waals surface area contributed by atoms with Crippen LogP contribution in [0, 0.1) is 5.92 Å². The highest BCUT2D eigenvalue weighted by molar-refractivity contribution is 7.19. The third kappa shape index (κ3) is 3.15. The van der Waals surface area contributed by atoms with Crippen molar-refractivity contribution in [1.82, 2.24) is 9.88 Å². The molecule has 0 N–H and O–H groups in total. The Balaban J connectivity index is 1.97. The van der Waals surface area contributed by atoms with Gasteiger partial charge < -0.3 is 9.64 Å². The highest BCUT2D eigenvalue weighted by Crippen LogP contribution is 2.29. The summed E-state index contributed by atoms with van der Waals surface area (Å²) < 4.78 is 6.04. The van der Waals surface area contributed by atoms with Gasteiger partial charge in [-0.2, -0.15) is 0 Å². The molecule has 1 aromatic rings. The Morgan fingerprint density at radius 2 is 2.39 bits per heavy atom. The maximum absolute atomic E-state index is 12.2. The number of amides is 1. The van der Waals surface area contributed by atoms with Crippen molar-refractivity contribution < 1.29 is 9.53 Å². The Hall–Kier alpha value is -0.360. The minimum absolute atomic E-state index is 0.137. The number of carbonyl (C=O) groups excluding carboxylic acids is 1. The lowest BCUT2D eigenvalue weighted by atomic mass is 10.1. The smallest absolute Gasteiger partial charge is 0.274 e. The zero-order valence-corrected chi connectivity index (χ0v) is 12.3. The molecule has 2 heterocycles. The van der Waals surface area contributed by atoms with Crippen LogP contribution in [0.25, 0.3) is 0 Å². The Bertz CT molecular complexity index is 439. The molecule has 7 heteroatoms. The SMILES string of the molecule is CCOCC1CCN(C(=O)c2nc(Cl)sc2Cl)C1. The van der Waals surface area contributed by atoms with Crippen molar-refractivity contribution in [2.45, 2.75) is 13.3 Å². The molecule has 1 aromatic heterocycles. The fourth-order valence-corrected chi connectivity index (χ4v) is 3.29. The van der Waals surface area contributed by atoms with Crippen LogP contribution in [0.1, 0.15) is 23.8 Å². The summed E-state index contributed by atoms with van der Waals surface area (Å²) in [5, 5.41) is 0. The molecule has 1 atom stereocenters. The van der Waals surface area contributed by atoms with Crippen molar-refractivity contribution in [2.75, 3.05) is 26.3 Å². The molecule has 1 aliphatic rings. The maximum atomic E-state index is 12.2. The van der Waals surface area contributed by atoms with Crippen LogP contribution in [0.2, 0.25) is 8.80 Å². The molecule has 0 saturated carbocycles. The number of carbonyl (C=O) groups is 1. The zero-order chi connectivity index (χ0) is 13.1. The molecule has 2 rings (SSSR count). The third-order valence-corrected chi connectivity index (χ3v) is 4.25. The predicted molar refractivity (Wildman–Crippen MR) is 72.6 cm³/mol. The fourth-order valence-electron chi connectivity index (χ4n) is 2.00. The molecule has 0 radical (unpaired) electrons. The lowest BCUT2D eigenvalue weighted by molar-refractivity contribution is 0.0758. The van der Waals surface area contributed by atoms with E-state index in [1.807, 2.05) is 6.92 Å². The number of ether oxygens (including phenoxy) is 1. The number of aromatic nitrogens is 1. The van der Waals surface area contributed by atoms with Crippen molar-refractivity contribution in [1.29, 1.82) is 0 Å². The van der Waals surface area contributed by atoms with Crippen molar-refractivity contribution in [2.24, 2.45) is 5.92 Å². The third-order valence-electron chi connectivity index (χ3n) is 2.89. The largest absolute Gasteiger partial charge is 0.381 e. The standard InChI is InChI=1S/C11H14Cl2N2O2S/c1-2-17-6-7-3-4-15(5-7)10(16)8-9(12)18-11(13)14-8/h7H,2-6H2,1H3. The van der Waals surface area contributed by atoms with E-state index < -0.39 is 0 Å². The van der Waals surface area contributed by atoms with Gasteiger partial charge in [-0.25, -0.2) is 4.98 Å². The van der Waals surface area contributed by atoms with E-state index in [1.165, 1.54) is 0 Å². The highest BCUT2D eigenvalue weighted by Gasteiger charge is 2.29. The Kier molecular flexibility index (Phi) is 4.84. The summed E-state index contributed by atoms with van der Waals surface area (Å²) >= 11 is 12.8. The Labute approximate surface area is 120 Å². The summed E-state index contributed by atoms with van der Waals surface area (Å²) in [5.74, 6) is 0.268. The van der Waals surface area contributed by atoms with Gasteiger partial charge in [-0.3, -0.25) is 4.79 Å². The first-order valence-electron chi connectivity index (χ1n) is 5.80. The van der Waals surface area contributed by atoms with Gasteiger partial charge in [0.2, 0.25) is 0 Å². The molecule has 18 heavy (non-hydrogen) atoms. The van der Waals surface area contributed by atoms with Crippen molar-refractivity contribution >= 4 is 40.4 Å². The van der Waals surface area contributed by atoms with Crippen LogP contribution >= 0.6 is 34.5 Å². The lowest BCUT2D eigenvalue weighted by Gasteiger charge is -2.15. The van der Waals surface area contributed by atoms with E-state index in [1.54, 1.807) is 4.90 Å². The average Bonchev–Trinajstić information content (AvgIpc) is 2.92. The van der Waals surface area contributed by atoms with E-state index in [4.69, 9.17) is 27.9 Å². The van der Waals surface area contributed by atoms with Crippen LogP contribution in [0.3, 0.4) is 0 Å². The van der Waals surface area contributed by atoms with Gasteiger partial charge in [0.25, 0.3) is 5.91 Å². The molecule has 0 spiro atoms. The molecule has 4 nitrogen and oxygen atoms in total. The average molecular weight is 309 g/mol. The van der Waals surface area contributed by atoms with E-state index in [2.05, 4.69) is 4.98 Å². The second-order valence-electron chi connectivity index (χ2n) is 4.15. The van der Waals surface area contributed by atoms with Gasteiger partial charge in [-0.15, -0.1) is 0 Å². The fraction of sp³-hybridized carbons (Fsp3) is 0.636. The molecule has 1 amide bonds. The summed E-state index contributed by atoms with van der Waals surface area (Å²) in [6.45, 7) is 4.80. The van der Waals surface area contributed by atoms with E-state index in [0.717, 1.165) is 24.3 Å². The summed E-state index contributed by atoms with van der Waals surface area (Å²) in [7, 11) is 0. The molecule has 1 unspecified atom stereocenters. The molecule has 0 aliphatic carbocycles. The van der Waals surface area contributed by atoms with Gasteiger partial charge >= 0.3 is 0 Å². The molecule has 0 aromatic carbocycles. The maximum Gasteiger partial charge on any atom is 0.274 e. The minimum atomic E-state index is -0.137. The van der Waals surface area contributed by atoms with Gasteiger partial charge in [0.15, 0.2) is 10.2 Å². The Morgan fingerprint density at radius 1 is 1.61 bits per heavy atom. The van der Waals surface area contributed by atoms with E-state index in [-0.39, 0.29) is 11.6 Å². The molecule has 1 saturated heterocycles. The second-order valence-corrected chi connectivity index (χ2v) is 6.34. The first kappa shape index (κ1) is 14.1. The van der Waals surface area contributed by atoms with Crippen LogP contribution < -0.4 is 0 Å². The molecular weight excluding hydrogens is 295 g/mol. The number of hydrogen-bond donors (Lipinski definition) is 0. The zero-order valence-electron chi connectivity index (χ0n) is 9.99. The second kappa shape index (κ2) is 6.19.